The lowest BCUT2D eigenvalue weighted by atomic mass is 10.0. The quantitative estimate of drug-likeness (QED) is 0.675. The van der Waals surface area contributed by atoms with E-state index in [1.165, 1.54) is 16.4 Å². The molecule has 8 heteroatoms. The van der Waals surface area contributed by atoms with E-state index in [9.17, 15) is 13.2 Å². The average Bonchev–Trinajstić information content (AvgIpc) is 2.80. The molecule has 2 aromatic rings. The van der Waals surface area contributed by atoms with Gasteiger partial charge >= 0.3 is 0 Å². The van der Waals surface area contributed by atoms with Crippen molar-refractivity contribution in [2.45, 2.75) is 37.6 Å². The summed E-state index contributed by atoms with van der Waals surface area (Å²) in [6, 6.07) is 14.3. The summed E-state index contributed by atoms with van der Waals surface area (Å²) in [5, 5.41) is 3.08. The minimum absolute atomic E-state index is 0.0982. The molecule has 0 radical (unpaired) electrons. The molecule has 3 rings (SSSR count). The van der Waals surface area contributed by atoms with Gasteiger partial charge in [-0.05, 0) is 61.4 Å². The minimum atomic E-state index is -3.52. The zero-order chi connectivity index (χ0) is 22.4. The zero-order valence-corrected chi connectivity index (χ0v) is 19.2. The Balaban J connectivity index is 1.56. The molecule has 0 spiro atoms. The van der Waals surface area contributed by atoms with E-state index in [0.717, 1.165) is 37.4 Å². The minimum Gasteiger partial charge on any atom is -0.497 e. The summed E-state index contributed by atoms with van der Waals surface area (Å²) in [4.78, 5) is 15.2. The van der Waals surface area contributed by atoms with Crippen molar-refractivity contribution < 1.29 is 17.9 Å². The number of piperidine rings is 1. The molecule has 1 aliphatic rings. The van der Waals surface area contributed by atoms with Crippen molar-refractivity contribution in [1.29, 1.82) is 0 Å². The number of carbonyl (C=O) groups is 1. The maximum atomic E-state index is 12.6. The summed E-state index contributed by atoms with van der Waals surface area (Å²) in [6.07, 6.45) is 1.71. The number of carbonyl (C=O) groups excluding carboxylic acids is 1. The van der Waals surface area contributed by atoms with Gasteiger partial charge in [-0.15, -0.1) is 0 Å². The molecule has 0 bridgehead atoms. The Morgan fingerprint density at radius 2 is 1.61 bits per heavy atom. The normalized spacial score (nSPS) is 15.2. The van der Waals surface area contributed by atoms with Crippen LogP contribution in [0.3, 0.4) is 0 Å². The molecule has 1 N–H and O–H groups in total. The third-order valence-corrected chi connectivity index (χ3v) is 7.79. The second-order valence-electron chi connectivity index (χ2n) is 7.55. The molecule has 0 aromatic heterocycles. The smallest absolute Gasteiger partial charge is 0.251 e. The predicted octanol–water partition coefficient (Wildman–Crippen LogP) is 3.12. The first-order chi connectivity index (χ1) is 14.9. The van der Waals surface area contributed by atoms with E-state index in [1.54, 1.807) is 19.2 Å². The van der Waals surface area contributed by atoms with E-state index in [4.69, 9.17) is 4.74 Å². The van der Waals surface area contributed by atoms with Gasteiger partial charge in [0, 0.05) is 43.5 Å². The number of anilines is 1. The molecule has 1 aliphatic heterocycles. The first-order valence-electron chi connectivity index (χ1n) is 10.7. The van der Waals surface area contributed by atoms with E-state index in [2.05, 4.69) is 10.2 Å². The Morgan fingerprint density at radius 1 is 1.03 bits per heavy atom. The highest BCUT2D eigenvalue weighted by Crippen LogP contribution is 2.23. The first kappa shape index (κ1) is 23.1. The fourth-order valence-electron chi connectivity index (χ4n) is 3.83. The number of rotatable bonds is 8. The second kappa shape index (κ2) is 10.2. The maximum absolute atomic E-state index is 12.6. The van der Waals surface area contributed by atoms with Crippen molar-refractivity contribution >= 4 is 21.6 Å². The van der Waals surface area contributed by atoms with Crippen molar-refractivity contribution in [3.63, 3.8) is 0 Å². The number of hydrogen-bond acceptors (Lipinski definition) is 5. The zero-order valence-electron chi connectivity index (χ0n) is 18.4. The molecule has 168 valence electrons. The standard InChI is InChI=1S/C23H31N3O4S/c1-4-26(5-2)31(28,29)22-12-6-18(7-13-22)23(27)24-19-14-16-25(17-15-19)20-8-10-21(30-3)11-9-20/h6-13,19H,4-5,14-17H2,1-3H3,(H,24,27). The van der Waals surface area contributed by atoms with Crippen LogP contribution >= 0.6 is 0 Å². The lowest BCUT2D eigenvalue weighted by Gasteiger charge is -2.34. The number of methoxy groups -OCH3 is 1. The number of amides is 1. The Morgan fingerprint density at radius 3 is 2.13 bits per heavy atom. The maximum Gasteiger partial charge on any atom is 0.251 e. The van der Waals surface area contributed by atoms with Gasteiger partial charge in [-0.2, -0.15) is 4.31 Å². The van der Waals surface area contributed by atoms with Gasteiger partial charge in [0.2, 0.25) is 10.0 Å². The molecule has 1 heterocycles. The largest absolute Gasteiger partial charge is 0.497 e. The lowest BCUT2D eigenvalue weighted by Crippen LogP contribution is -2.44. The highest BCUT2D eigenvalue weighted by atomic mass is 32.2. The van der Waals surface area contributed by atoms with Crippen LogP contribution < -0.4 is 15.0 Å². The molecule has 2 aromatic carbocycles. The summed E-state index contributed by atoms with van der Waals surface area (Å²) in [6.45, 7) is 6.16. The van der Waals surface area contributed by atoms with Crippen LogP contribution in [0.4, 0.5) is 5.69 Å². The van der Waals surface area contributed by atoms with E-state index >= 15 is 0 Å². The average molecular weight is 446 g/mol. The Bertz CT molecular complexity index is 963. The van der Waals surface area contributed by atoms with Crippen LogP contribution in [-0.2, 0) is 10.0 Å². The van der Waals surface area contributed by atoms with Gasteiger partial charge in [0.1, 0.15) is 5.75 Å². The third kappa shape index (κ3) is 5.37. The van der Waals surface area contributed by atoms with Gasteiger partial charge in [-0.25, -0.2) is 8.42 Å². The second-order valence-corrected chi connectivity index (χ2v) is 9.48. The molecular weight excluding hydrogens is 414 g/mol. The molecule has 1 amide bonds. The highest BCUT2D eigenvalue weighted by molar-refractivity contribution is 7.89. The topological polar surface area (TPSA) is 79.0 Å². The number of ether oxygens (including phenoxy) is 1. The van der Waals surface area contributed by atoms with Crippen LogP contribution in [0.2, 0.25) is 0 Å². The van der Waals surface area contributed by atoms with Crippen LogP contribution in [0.25, 0.3) is 0 Å². The monoisotopic (exact) mass is 445 g/mol. The Kier molecular flexibility index (Phi) is 7.56. The molecule has 1 saturated heterocycles. The summed E-state index contributed by atoms with van der Waals surface area (Å²) in [5.74, 6) is 0.663. The van der Waals surface area contributed by atoms with Crippen LogP contribution in [-0.4, -0.2) is 58.0 Å². The molecule has 0 aliphatic carbocycles. The van der Waals surface area contributed by atoms with Gasteiger partial charge in [0.15, 0.2) is 0 Å². The third-order valence-electron chi connectivity index (χ3n) is 5.73. The van der Waals surface area contributed by atoms with Crippen molar-refractivity contribution in [3.8, 4) is 5.75 Å². The van der Waals surface area contributed by atoms with Gasteiger partial charge < -0.3 is 15.0 Å². The molecular formula is C23H31N3O4S. The van der Waals surface area contributed by atoms with Gasteiger partial charge in [0.25, 0.3) is 5.91 Å². The van der Waals surface area contributed by atoms with Crippen LogP contribution in [0.15, 0.2) is 53.4 Å². The van der Waals surface area contributed by atoms with Crippen LogP contribution in [0, 0.1) is 0 Å². The van der Waals surface area contributed by atoms with Crippen LogP contribution in [0.5, 0.6) is 5.75 Å². The van der Waals surface area contributed by atoms with E-state index in [1.807, 2.05) is 38.1 Å². The molecule has 31 heavy (non-hydrogen) atoms. The van der Waals surface area contributed by atoms with Crippen molar-refractivity contribution in [2.24, 2.45) is 0 Å². The highest BCUT2D eigenvalue weighted by Gasteiger charge is 2.23. The fourth-order valence-corrected chi connectivity index (χ4v) is 5.29. The molecule has 0 saturated carbocycles. The van der Waals surface area contributed by atoms with Crippen LogP contribution in [0.1, 0.15) is 37.0 Å². The number of sulfonamides is 1. The van der Waals surface area contributed by atoms with Crippen molar-refractivity contribution in [2.75, 3.05) is 38.2 Å². The molecule has 0 unspecified atom stereocenters. The van der Waals surface area contributed by atoms with Gasteiger partial charge in [-0.3, -0.25) is 4.79 Å². The summed E-state index contributed by atoms with van der Waals surface area (Å²) >= 11 is 0. The number of nitrogens with one attached hydrogen (secondary N) is 1. The van der Waals surface area contributed by atoms with E-state index < -0.39 is 10.0 Å². The Labute approximate surface area is 185 Å². The number of benzene rings is 2. The van der Waals surface area contributed by atoms with Crippen molar-refractivity contribution in [1.82, 2.24) is 9.62 Å². The summed E-state index contributed by atoms with van der Waals surface area (Å²) in [7, 11) is -1.87. The summed E-state index contributed by atoms with van der Waals surface area (Å²) < 4.78 is 31.8. The Hall–Kier alpha value is -2.58. The van der Waals surface area contributed by atoms with Gasteiger partial charge in [0.05, 0.1) is 12.0 Å². The molecule has 1 fully saturated rings. The van der Waals surface area contributed by atoms with Crippen molar-refractivity contribution in [3.05, 3.63) is 54.1 Å². The van der Waals surface area contributed by atoms with Gasteiger partial charge in [-0.1, -0.05) is 13.8 Å². The number of hydrogen-bond donors (Lipinski definition) is 1. The molecule has 7 nitrogen and oxygen atoms in total. The number of nitrogens with zero attached hydrogens (tertiary/aromatic N) is 2. The SMILES string of the molecule is CCN(CC)S(=O)(=O)c1ccc(C(=O)NC2CCN(c3ccc(OC)cc3)CC2)cc1. The molecule has 0 atom stereocenters. The van der Waals surface area contributed by atoms with E-state index in [-0.39, 0.29) is 16.8 Å². The first-order valence-corrected chi connectivity index (χ1v) is 12.1. The lowest BCUT2D eigenvalue weighted by molar-refractivity contribution is 0.0931. The predicted molar refractivity (Wildman–Crippen MR) is 122 cm³/mol. The fraction of sp³-hybridized carbons (Fsp3) is 0.435. The summed E-state index contributed by atoms with van der Waals surface area (Å²) in [5.41, 5.74) is 1.62. The van der Waals surface area contributed by atoms with E-state index in [0.29, 0.717) is 18.7 Å².